The number of fused-ring (bicyclic) bond motifs is 1. The molecule has 0 bridgehead atoms. The maximum absolute atomic E-state index is 12.1. The summed E-state index contributed by atoms with van der Waals surface area (Å²) in [5.74, 6) is 0.299. The smallest absolute Gasteiger partial charge is 0.168 e. The Morgan fingerprint density at radius 3 is 3.19 bits per heavy atom. The van der Waals surface area contributed by atoms with Crippen LogP contribution in [-0.4, -0.2) is 25.5 Å². The summed E-state index contributed by atoms with van der Waals surface area (Å²) in [6.45, 7) is 2.29. The number of hydrogen-bond donors (Lipinski definition) is 1. The normalized spacial score (nSPS) is 22.9. The predicted octanol–water partition coefficient (Wildman–Crippen LogP) is 1.87. The molecule has 0 spiro atoms. The number of rotatable bonds is 2. The standard InChI is InChI=1S/C13H15NO2/c15-13(11-4-6-16-8-11)10-2-1-9-3-5-14-12(9)7-10/h1-2,7,11,14H,3-6,8H2. The van der Waals surface area contributed by atoms with Crippen molar-refractivity contribution in [3.8, 4) is 0 Å². The lowest BCUT2D eigenvalue weighted by molar-refractivity contribution is 0.0900. The molecule has 2 heterocycles. The molecule has 3 nitrogen and oxygen atoms in total. The first-order chi connectivity index (χ1) is 7.84. The highest BCUT2D eigenvalue weighted by Gasteiger charge is 2.25. The number of hydrogen-bond acceptors (Lipinski definition) is 3. The maximum Gasteiger partial charge on any atom is 0.168 e. The van der Waals surface area contributed by atoms with Crippen molar-refractivity contribution >= 4 is 11.5 Å². The van der Waals surface area contributed by atoms with Crippen molar-refractivity contribution < 1.29 is 9.53 Å². The molecule has 1 aromatic carbocycles. The molecule has 1 saturated heterocycles. The molecule has 1 N–H and O–H groups in total. The van der Waals surface area contributed by atoms with Gasteiger partial charge in [-0.15, -0.1) is 0 Å². The van der Waals surface area contributed by atoms with Crippen LogP contribution in [0, 0.1) is 5.92 Å². The summed E-state index contributed by atoms with van der Waals surface area (Å²) in [5, 5.41) is 3.30. The van der Waals surface area contributed by atoms with Crippen molar-refractivity contribution in [2.24, 2.45) is 5.92 Å². The lowest BCUT2D eigenvalue weighted by Gasteiger charge is -2.08. The van der Waals surface area contributed by atoms with Gasteiger partial charge in [0.1, 0.15) is 0 Å². The quantitative estimate of drug-likeness (QED) is 0.769. The highest BCUT2D eigenvalue weighted by molar-refractivity contribution is 5.99. The molecule has 2 aliphatic heterocycles. The van der Waals surface area contributed by atoms with Gasteiger partial charge in [-0.25, -0.2) is 0 Å². The zero-order valence-electron chi connectivity index (χ0n) is 9.16. The number of Topliss-reactive ketones (excluding diaryl/α,β-unsaturated/α-hetero) is 1. The second kappa shape index (κ2) is 3.91. The Kier molecular flexibility index (Phi) is 2.40. The summed E-state index contributed by atoms with van der Waals surface area (Å²) < 4.78 is 5.26. The second-order valence-electron chi connectivity index (χ2n) is 4.47. The Labute approximate surface area is 94.8 Å². The number of benzene rings is 1. The molecule has 1 unspecified atom stereocenters. The minimum atomic E-state index is 0.0689. The van der Waals surface area contributed by atoms with Gasteiger partial charge in [-0.2, -0.15) is 0 Å². The van der Waals surface area contributed by atoms with Gasteiger partial charge in [0.2, 0.25) is 0 Å². The van der Waals surface area contributed by atoms with Crippen LogP contribution in [0.15, 0.2) is 18.2 Å². The van der Waals surface area contributed by atoms with Crippen LogP contribution in [0.3, 0.4) is 0 Å². The number of ether oxygens (including phenoxy) is 1. The monoisotopic (exact) mass is 217 g/mol. The number of carbonyl (C=O) groups is 1. The first kappa shape index (κ1) is 9.85. The van der Waals surface area contributed by atoms with Gasteiger partial charge in [-0.3, -0.25) is 4.79 Å². The average molecular weight is 217 g/mol. The molecular weight excluding hydrogens is 202 g/mol. The summed E-state index contributed by atoms with van der Waals surface area (Å²) in [6.07, 6.45) is 1.93. The van der Waals surface area contributed by atoms with E-state index in [2.05, 4.69) is 11.4 Å². The summed E-state index contributed by atoms with van der Waals surface area (Å²) in [4.78, 5) is 12.1. The van der Waals surface area contributed by atoms with E-state index >= 15 is 0 Å². The van der Waals surface area contributed by atoms with Gasteiger partial charge < -0.3 is 10.1 Å². The van der Waals surface area contributed by atoms with Crippen LogP contribution in [0.5, 0.6) is 0 Å². The Hall–Kier alpha value is -1.35. The predicted molar refractivity (Wildman–Crippen MR) is 61.9 cm³/mol. The van der Waals surface area contributed by atoms with Crippen molar-refractivity contribution in [2.75, 3.05) is 25.1 Å². The van der Waals surface area contributed by atoms with Crippen LogP contribution in [0.1, 0.15) is 22.3 Å². The molecule has 1 atom stereocenters. The zero-order valence-corrected chi connectivity index (χ0v) is 9.16. The van der Waals surface area contributed by atoms with Crippen LogP contribution < -0.4 is 5.32 Å². The lowest BCUT2D eigenvalue weighted by Crippen LogP contribution is -2.14. The SMILES string of the molecule is O=C(c1ccc2c(c1)NCC2)C1CCOC1. The molecular formula is C13H15NO2. The van der Waals surface area contributed by atoms with E-state index in [1.807, 2.05) is 12.1 Å². The number of anilines is 1. The van der Waals surface area contributed by atoms with Gasteiger partial charge >= 0.3 is 0 Å². The summed E-state index contributed by atoms with van der Waals surface area (Å²) in [5.41, 5.74) is 3.27. The summed E-state index contributed by atoms with van der Waals surface area (Å²) in [7, 11) is 0. The first-order valence-corrected chi connectivity index (χ1v) is 5.83. The molecule has 1 fully saturated rings. The van der Waals surface area contributed by atoms with Gasteiger partial charge in [0.15, 0.2) is 5.78 Å². The van der Waals surface area contributed by atoms with Gasteiger partial charge in [0, 0.05) is 30.3 Å². The fourth-order valence-electron chi connectivity index (χ4n) is 2.42. The molecule has 16 heavy (non-hydrogen) atoms. The Bertz CT molecular complexity index is 422. The fourth-order valence-corrected chi connectivity index (χ4v) is 2.42. The number of ketones is 1. The number of nitrogens with one attached hydrogen (secondary N) is 1. The zero-order chi connectivity index (χ0) is 11.0. The van der Waals surface area contributed by atoms with Crippen LogP contribution in [0.4, 0.5) is 5.69 Å². The van der Waals surface area contributed by atoms with E-state index in [1.165, 1.54) is 5.56 Å². The van der Waals surface area contributed by atoms with Crippen molar-refractivity contribution in [2.45, 2.75) is 12.8 Å². The third-order valence-corrected chi connectivity index (χ3v) is 3.40. The summed E-state index contributed by atoms with van der Waals surface area (Å²) in [6, 6.07) is 6.01. The lowest BCUT2D eigenvalue weighted by atomic mass is 9.96. The van der Waals surface area contributed by atoms with E-state index in [9.17, 15) is 4.79 Å². The molecule has 0 aliphatic carbocycles. The number of carbonyl (C=O) groups excluding carboxylic acids is 1. The molecule has 3 rings (SSSR count). The van der Waals surface area contributed by atoms with E-state index < -0.39 is 0 Å². The van der Waals surface area contributed by atoms with Crippen LogP contribution in [-0.2, 0) is 11.2 Å². The molecule has 3 heteroatoms. The van der Waals surface area contributed by atoms with E-state index in [4.69, 9.17) is 4.74 Å². The van der Waals surface area contributed by atoms with Crippen molar-refractivity contribution in [3.05, 3.63) is 29.3 Å². The molecule has 0 radical (unpaired) electrons. The van der Waals surface area contributed by atoms with Crippen molar-refractivity contribution in [1.82, 2.24) is 0 Å². The van der Waals surface area contributed by atoms with E-state index in [-0.39, 0.29) is 11.7 Å². The minimum absolute atomic E-state index is 0.0689. The first-order valence-electron chi connectivity index (χ1n) is 5.83. The third-order valence-electron chi connectivity index (χ3n) is 3.40. The largest absolute Gasteiger partial charge is 0.384 e. The molecule has 1 aromatic rings. The Morgan fingerprint density at radius 1 is 1.44 bits per heavy atom. The van der Waals surface area contributed by atoms with Crippen LogP contribution >= 0.6 is 0 Å². The molecule has 0 saturated carbocycles. The van der Waals surface area contributed by atoms with E-state index in [1.54, 1.807) is 0 Å². The van der Waals surface area contributed by atoms with Crippen LogP contribution in [0.2, 0.25) is 0 Å². The molecule has 0 amide bonds. The van der Waals surface area contributed by atoms with Gasteiger partial charge in [0.05, 0.1) is 6.61 Å². The third kappa shape index (κ3) is 1.61. The minimum Gasteiger partial charge on any atom is -0.384 e. The van der Waals surface area contributed by atoms with Gasteiger partial charge in [-0.05, 0) is 24.5 Å². The highest BCUT2D eigenvalue weighted by Crippen LogP contribution is 2.26. The molecule has 0 aromatic heterocycles. The van der Waals surface area contributed by atoms with Crippen LogP contribution in [0.25, 0.3) is 0 Å². The maximum atomic E-state index is 12.1. The van der Waals surface area contributed by atoms with Gasteiger partial charge in [0.25, 0.3) is 0 Å². The highest BCUT2D eigenvalue weighted by atomic mass is 16.5. The second-order valence-corrected chi connectivity index (χ2v) is 4.47. The Morgan fingerprint density at radius 2 is 2.38 bits per heavy atom. The van der Waals surface area contributed by atoms with E-state index in [0.717, 1.165) is 37.2 Å². The van der Waals surface area contributed by atoms with E-state index in [0.29, 0.717) is 6.61 Å². The fraction of sp³-hybridized carbons (Fsp3) is 0.462. The van der Waals surface area contributed by atoms with Gasteiger partial charge in [-0.1, -0.05) is 12.1 Å². The summed E-state index contributed by atoms with van der Waals surface area (Å²) >= 11 is 0. The Balaban J connectivity index is 1.86. The van der Waals surface area contributed by atoms with Crippen molar-refractivity contribution in [1.29, 1.82) is 0 Å². The topological polar surface area (TPSA) is 38.3 Å². The average Bonchev–Trinajstić information content (AvgIpc) is 2.98. The molecule has 2 aliphatic rings. The molecule has 84 valence electrons. The van der Waals surface area contributed by atoms with Crippen molar-refractivity contribution in [3.63, 3.8) is 0 Å².